The van der Waals surface area contributed by atoms with Crippen LogP contribution < -0.4 is 10.1 Å². The van der Waals surface area contributed by atoms with Crippen molar-refractivity contribution in [3.63, 3.8) is 0 Å². The molecule has 1 aromatic carbocycles. The van der Waals surface area contributed by atoms with Crippen LogP contribution in [0.25, 0.3) is 0 Å². The molecule has 2 atom stereocenters. The molecule has 3 heteroatoms. The van der Waals surface area contributed by atoms with Gasteiger partial charge in [-0.1, -0.05) is 0 Å². The molecule has 1 aliphatic carbocycles. The van der Waals surface area contributed by atoms with Crippen molar-refractivity contribution in [1.29, 1.82) is 0 Å². The third kappa shape index (κ3) is 2.63. The van der Waals surface area contributed by atoms with Gasteiger partial charge in [0.2, 0.25) is 0 Å². The standard InChI is InChI=1S/C12H17NO2/c1-15-12-4-2-11(3-5-12)13-7-9-6-10(9)8-14/h2-5,9-10,13-14H,6-8H2,1H3/t9-,10+/m1/s1. The van der Waals surface area contributed by atoms with Crippen molar-refractivity contribution in [1.82, 2.24) is 0 Å². The zero-order valence-corrected chi connectivity index (χ0v) is 8.94. The van der Waals surface area contributed by atoms with E-state index in [-0.39, 0.29) is 0 Å². The molecule has 15 heavy (non-hydrogen) atoms. The fourth-order valence-electron chi connectivity index (χ4n) is 1.74. The van der Waals surface area contributed by atoms with E-state index in [2.05, 4.69) is 5.32 Å². The van der Waals surface area contributed by atoms with Crippen molar-refractivity contribution < 1.29 is 9.84 Å². The molecule has 0 saturated heterocycles. The molecule has 2 N–H and O–H groups in total. The molecule has 0 aliphatic heterocycles. The van der Waals surface area contributed by atoms with Gasteiger partial charge < -0.3 is 15.2 Å². The molecule has 0 bridgehead atoms. The van der Waals surface area contributed by atoms with Crippen molar-refractivity contribution in [3.05, 3.63) is 24.3 Å². The monoisotopic (exact) mass is 207 g/mol. The van der Waals surface area contributed by atoms with Crippen LogP contribution in [0.3, 0.4) is 0 Å². The Kier molecular flexibility index (Phi) is 3.11. The normalized spacial score (nSPS) is 23.6. The van der Waals surface area contributed by atoms with Gasteiger partial charge in [-0.3, -0.25) is 0 Å². The summed E-state index contributed by atoms with van der Waals surface area (Å²) in [6.07, 6.45) is 1.15. The van der Waals surface area contributed by atoms with E-state index in [9.17, 15) is 0 Å². The highest BCUT2D eigenvalue weighted by atomic mass is 16.5. The van der Waals surface area contributed by atoms with Crippen LogP contribution in [0.5, 0.6) is 5.75 Å². The topological polar surface area (TPSA) is 41.5 Å². The minimum atomic E-state index is 0.328. The first kappa shape index (κ1) is 10.3. The van der Waals surface area contributed by atoms with Crippen LogP contribution in [0.1, 0.15) is 6.42 Å². The van der Waals surface area contributed by atoms with Crippen LogP contribution in [-0.2, 0) is 0 Å². The maximum Gasteiger partial charge on any atom is 0.119 e. The maximum absolute atomic E-state index is 8.90. The summed E-state index contributed by atoms with van der Waals surface area (Å²) in [5.41, 5.74) is 1.11. The van der Waals surface area contributed by atoms with Crippen LogP contribution in [0.4, 0.5) is 5.69 Å². The average Bonchev–Trinajstić information content (AvgIpc) is 3.06. The second-order valence-electron chi connectivity index (χ2n) is 4.05. The number of ether oxygens (including phenoxy) is 1. The summed E-state index contributed by atoms with van der Waals surface area (Å²) >= 11 is 0. The lowest BCUT2D eigenvalue weighted by Gasteiger charge is -2.06. The third-order valence-corrected chi connectivity index (χ3v) is 2.96. The number of anilines is 1. The Bertz CT molecular complexity index is 310. The Labute approximate surface area is 90.1 Å². The van der Waals surface area contributed by atoms with E-state index in [1.165, 1.54) is 0 Å². The van der Waals surface area contributed by atoms with Crippen molar-refractivity contribution in [2.75, 3.05) is 25.6 Å². The summed E-state index contributed by atoms with van der Waals surface area (Å²) in [5.74, 6) is 2.05. The predicted molar refractivity (Wildman–Crippen MR) is 60.2 cm³/mol. The zero-order valence-electron chi connectivity index (χ0n) is 8.94. The van der Waals surface area contributed by atoms with Gasteiger partial charge in [0.25, 0.3) is 0 Å². The Morgan fingerprint density at radius 3 is 2.60 bits per heavy atom. The first-order valence-corrected chi connectivity index (χ1v) is 5.32. The molecule has 82 valence electrons. The Morgan fingerprint density at radius 1 is 1.33 bits per heavy atom. The fourth-order valence-corrected chi connectivity index (χ4v) is 1.74. The van der Waals surface area contributed by atoms with Crippen LogP contribution >= 0.6 is 0 Å². The Balaban J connectivity index is 1.79. The molecule has 0 aromatic heterocycles. The molecule has 3 nitrogen and oxygen atoms in total. The van der Waals surface area contributed by atoms with Gasteiger partial charge in [-0.05, 0) is 42.5 Å². The van der Waals surface area contributed by atoms with E-state index < -0.39 is 0 Å². The molecule has 1 fully saturated rings. The van der Waals surface area contributed by atoms with Gasteiger partial charge >= 0.3 is 0 Å². The first-order valence-electron chi connectivity index (χ1n) is 5.32. The lowest BCUT2D eigenvalue weighted by molar-refractivity contribution is 0.270. The van der Waals surface area contributed by atoms with Crippen molar-refractivity contribution >= 4 is 5.69 Å². The number of aliphatic hydroxyl groups is 1. The van der Waals surface area contributed by atoms with Gasteiger partial charge in [-0.15, -0.1) is 0 Å². The van der Waals surface area contributed by atoms with E-state index in [4.69, 9.17) is 9.84 Å². The van der Waals surface area contributed by atoms with Gasteiger partial charge in [-0.2, -0.15) is 0 Å². The zero-order chi connectivity index (χ0) is 10.7. The molecule has 2 rings (SSSR count). The minimum absolute atomic E-state index is 0.328. The molecular formula is C12H17NO2. The van der Waals surface area contributed by atoms with E-state index >= 15 is 0 Å². The quantitative estimate of drug-likeness (QED) is 0.772. The summed E-state index contributed by atoms with van der Waals surface area (Å²) < 4.78 is 5.08. The molecule has 0 radical (unpaired) electrons. The highest BCUT2D eigenvalue weighted by Gasteiger charge is 2.35. The van der Waals surface area contributed by atoms with Crippen LogP contribution in [0.15, 0.2) is 24.3 Å². The average molecular weight is 207 g/mol. The Hall–Kier alpha value is -1.22. The molecule has 0 amide bonds. The summed E-state index contributed by atoms with van der Waals surface area (Å²) in [6.45, 7) is 1.28. The largest absolute Gasteiger partial charge is 0.497 e. The molecule has 0 heterocycles. The lowest BCUT2D eigenvalue weighted by atomic mass is 10.2. The second-order valence-corrected chi connectivity index (χ2v) is 4.05. The molecule has 1 aliphatic rings. The maximum atomic E-state index is 8.90. The van der Waals surface area contributed by atoms with Crippen molar-refractivity contribution in [2.24, 2.45) is 11.8 Å². The van der Waals surface area contributed by atoms with Crippen LogP contribution in [0.2, 0.25) is 0 Å². The van der Waals surface area contributed by atoms with Crippen molar-refractivity contribution in [3.8, 4) is 5.75 Å². The van der Waals surface area contributed by atoms with E-state index in [1.54, 1.807) is 7.11 Å². The molecule has 1 saturated carbocycles. The summed E-state index contributed by atoms with van der Waals surface area (Å²) in [4.78, 5) is 0. The van der Waals surface area contributed by atoms with E-state index in [0.717, 1.165) is 24.4 Å². The summed E-state index contributed by atoms with van der Waals surface area (Å²) in [5, 5.41) is 12.3. The minimum Gasteiger partial charge on any atom is -0.497 e. The van der Waals surface area contributed by atoms with Gasteiger partial charge in [0.15, 0.2) is 0 Å². The first-order chi connectivity index (χ1) is 7.33. The van der Waals surface area contributed by atoms with Crippen LogP contribution in [0, 0.1) is 11.8 Å². The third-order valence-electron chi connectivity index (χ3n) is 2.96. The van der Waals surface area contributed by atoms with Gasteiger partial charge in [0, 0.05) is 18.8 Å². The number of methoxy groups -OCH3 is 1. The molecular weight excluding hydrogens is 190 g/mol. The van der Waals surface area contributed by atoms with Gasteiger partial charge in [0.1, 0.15) is 5.75 Å². The van der Waals surface area contributed by atoms with Crippen molar-refractivity contribution in [2.45, 2.75) is 6.42 Å². The number of hydrogen-bond acceptors (Lipinski definition) is 3. The molecule has 1 aromatic rings. The van der Waals surface area contributed by atoms with E-state index in [1.807, 2.05) is 24.3 Å². The number of aliphatic hydroxyl groups excluding tert-OH is 1. The van der Waals surface area contributed by atoms with E-state index in [0.29, 0.717) is 18.4 Å². The number of nitrogens with one attached hydrogen (secondary N) is 1. The smallest absolute Gasteiger partial charge is 0.119 e. The highest BCUT2D eigenvalue weighted by Crippen LogP contribution is 2.37. The fraction of sp³-hybridized carbons (Fsp3) is 0.500. The lowest BCUT2D eigenvalue weighted by Crippen LogP contribution is -2.05. The Morgan fingerprint density at radius 2 is 2.07 bits per heavy atom. The van der Waals surface area contributed by atoms with Crippen LogP contribution in [-0.4, -0.2) is 25.4 Å². The van der Waals surface area contributed by atoms with Gasteiger partial charge in [-0.25, -0.2) is 0 Å². The SMILES string of the molecule is COc1ccc(NC[C@H]2C[C@H]2CO)cc1. The molecule has 0 spiro atoms. The van der Waals surface area contributed by atoms with Gasteiger partial charge in [0.05, 0.1) is 7.11 Å². The number of hydrogen-bond donors (Lipinski definition) is 2. The number of benzene rings is 1. The highest BCUT2D eigenvalue weighted by molar-refractivity contribution is 5.46. The summed E-state index contributed by atoms with van der Waals surface area (Å²) in [6, 6.07) is 7.90. The second kappa shape index (κ2) is 4.53. The number of rotatable bonds is 5. The molecule has 0 unspecified atom stereocenters. The summed E-state index contributed by atoms with van der Waals surface area (Å²) in [7, 11) is 1.67. The predicted octanol–water partition coefficient (Wildman–Crippen LogP) is 1.74.